The number of benzene rings is 1. The average molecular weight is 378 g/mol. The van der Waals surface area contributed by atoms with E-state index in [1.807, 2.05) is 30.3 Å². The molecule has 1 N–H and O–H groups in total. The highest BCUT2D eigenvalue weighted by molar-refractivity contribution is 5.82. The van der Waals surface area contributed by atoms with E-state index < -0.39 is 35.8 Å². The van der Waals surface area contributed by atoms with Crippen molar-refractivity contribution >= 4 is 18.2 Å². The molecule has 1 aromatic rings. The van der Waals surface area contributed by atoms with Crippen LogP contribution < -0.4 is 5.32 Å². The van der Waals surface area contributed by atoms with Gasteiger partial charge in [-0.2, -0.15) is 0 Å². The van der Waals surface area contributed by atoms with Crippen molar-refractivity contribution in [1.29, 1.82) is 0 Å². The van der Waals surface area contributed by atoms with Crippen molar-refractivity contribution in [1.82, 2.24) is 10.2 Å². The average Bonchev–Trinajstić information content (AvgIpc) is 3.02. The Morgan fingerprint density at radius 3 is 2.44 bits per heavy atom. The SMILES string of the molecule is COC(=O)[C@@H]1C[C@@H](NC(=O)OCc2ccccc2)CN1C(=O)OC(C)(C)C. The highest BCUT2D eigenvalue weighted by Crippen LogP contribution is 2.22. The van der Waals surface area contributed by atoms with Crippen molar-refractivity contribution in [2.75, 3.05) is 13.7 Å². The van der Waals surface area contributed by atoms with Crippen LogP contribution >= 0.6 is 0 Å². The second kappa shape index (κ2) is 8.75. The number of ether oxygens (including phenoxy) is 3. The van der Waals surface area contributed by atoms with E-state index in [1.165, 1.54) is 12.0 Å². The van der Waals surface area contributed by atoms with E-state index in [9.17, 15) is 14.4 Å². The lowest BCUT2D eigenvalue weighted by atomic mass is 10.2. The molecular formula is C19H26N2O6. The zero-order chi connectivity index (χ0) is 20.0. The van der Waals surface area contributed by atoms with E-state index >= 15 is 0 Å². The maximum Gasteiger partial charge on any atom is 0.411 e. The first-order valence-electron chi connectivity index (χ1n) is 8.74. The van der Waals surface area contributed by atoms with Gasteiger partial charge in [-0.1, -0.05) is 30.3 Å². The molecule has 1 aliphatic rings. The molecule has 2 rings (SSSR count). The molecule has 1 aromatic carbocycles. The third-order valence-electron chi connectivity index (χ3n) is 3.94. The van der Waals surface area contributed by atoms with E-state index in [-0.39, 0.29) is 19.6 Å². The summed E-state index contributed by atoms with van der Waals surface area (Å²) >= 11 is 0. The van der Waals surface area contributed by atoms with E-state index in [0.29, 0.717) is 0 Å². The second-order valence-electron chi connectivity index (χ2n) is 7.31. The molecule has 2 atom stereocenters. The number of hydrogen-bond acceptors (Lipinski definition) is 6. The molecule has 0 unspecified atom stereocenters. The lowest BCUT2D eigenvalue weighted by molar-refractivity contribution is -0.145. The number of rotatable bonds is 4. The Labute approximate surface area is 158 Å². The standard InChI is InChI=1S/C19H26N2O6/c1-19(2,3)27-18(24)21-11-14(10-15(21)16(22)25-4)20-17(23)26-12-13-8-6-5-7-9-13/h5-9,14-15H,10-12H2,1-4H3,(H,20,23)/t14-,15+/m1/s1. The second-order valence-corrected chi connectivity index (χ2v) is 7.31. The minimum atomic E-state index is -0.815. The summed E-state index contributed by atoms with van der Waals surface area (Å²) in [7, 11) is 1.25. The van der Waals surface area contributed by atoms with Crippen LogP contribution in [0, 0.1) is 0 Å². The molecule has 0 bridgehead atoms. The van der Waals surface area contributed by atoms with Crippen LogP contribution in [0.2, 0.25) is 0 Å². The Bertz CT molecular complexity index is 671. The molecule has 2 amide bonds. The third-order valence-corrected chi connectivity index (χ3v) is 3.94. The molecule has 0 radical (unpaired) electrons. The number of carbonyl (C=O) groups is 3. The first-order chi connectivity index (χ1) is 12.7. The van der Waals surface area contributed by atoms with Crippen LogP contribution in [0.15, 0.2) is 30.3 Å². The van der Waals surface area contributed by atoms with Crippen LogP contribution in [0.25, 0.3) is 0 Å². The predicted octanol–water partition coefficient (Wildman–Crippen LogP) is 2.46. The number of methoxy groups -OCH3 is 1. The van der Waals surface area contributed by atoms with Gasteiger partial charge in [-0.3, -0.25) is 4.90 Å². The van der Waals surface area contributed by atoms with Crippen molar-refractivity contribution < 1.29 is 28.6 Å². The van der Waals surface area contributed by atoms with Crippen LogP contribution in [0.1, 0.15) is 32.8 Å². The number of alkyl carbamates (subject to hydrolysis) is 1. The third kappa shape index (κ3) is 6.16. The highest BCUT2D eigenvalue weighted by Gasteiger charge is 2.42. The van der Waals surface area contributed by atoms with E-state index in [4.69, 9.17) is 14.2 Å². The summed E-state index contributed by atoms with van der Waals surface area (Å²) in [6.45, 7) is 5.49. The quantitative estimate of drug-likeness (QED) is 0.639. The van der Waals surface area contributed by atoms with Gasteiger partial charge < -0.3 is 19.5 Å². The number of amides is 2. The number of carbonyl (C=O) groups excluding carboxylic acids is 3. The predicted molar refractivity (Wildman–Crippen MR) is 96.9 cm³/mol. The zero-order valence-electron chi connectivity index (χ0n) is 16.1. The summed E-state index contributed by atoms with van der Waals surface area (Å²) in [4.78, 5) is 37.7. The number of nitrogens with zero attached hydrogens (tertiary/aromatic N) is 1. The fraction of sp³-hybridized carbons (Fsp3) is 0.526. The molecule has 8 nitrogen and oxygen atoms in total. The zero-order valence-corrected chi connectivity index (χ0v) is 16.1. The largest absolute Gasteiger partial charge is 0.467 e. The lowest BCUT2D eigenvalue weighted by Crippen LogP contribution is -2.44. The Morgan fingerprint density at radius 1 is 1.19 bits per heavy atom. The molecule has 0 saturated carbocycles. The molecule has 1 aliphatic heterocycles. The minimum Gasteiger partial charge on any atom is -0.467 e. The van der Waals surface area contributed by atoms with Crippen LogP contribution in [0.4, 0.5) is 9.59 Å². The van der Waals surface area contributed by atoms with Gasteiger partial charge in [0.2, 0.25) is 0 Å². The molecule has 0 aromatic heterocycles. The summed E-state index contributed by atoms with van der Waals surface area (Å²) in [5.41, 5.74) is 0.166. The van der Waals surface area contributed by atoms with Gasteiger partial charge >= 0.3 is 18.2 Å². The molecule has 1 fully saturated rings. The fourth-order valence-electron chi connectivity index (χ4n) is 2.75. The molecule has 0 aliphatic carbocycles. The van der Waals surface area contributed by atoms with E-state index in [1.54, 1.807) is 20.8 Å². The lowest BCUT2D eigenvalue weighted by Gasteiger charge is -2.27. The number of esters is 1. The Kier molecular flexibility index (Phi) is 6.65. The van der Waals surface area contributed by atoms with Gasteiger partial charge in [0, 0.05) is 13.0 Å². The molecular weight excluding hydrogens is 352 g/mol. The molecule has 8 heteroatoms. The van der Waals surface area contributed by atoms with Gasteiger partial charge in [0.15, 0.2) is 0 Å². The van der Waals surface area contributed by atoms with Crippen molar-refractivity contribution in [3.8, 4) is 0 Å². The smallest absolute Gasteiger partial charge is 0.411 e. The maximum atomic E-state index is 12.4. The molecule has 0 spiro atoms. The van der Waals surface area contributed by atoms with Crippen molar-refractivity contribution in [2.45, 2.75) is 51.5 Å². The molecule has 1 saturated heterocycles. The van der Waals surface area contributed by atoms with E-state index in [0.717, 1.165) is 5.56 Å². The van der Waals surface area contributed by atoms with Crippen molar-refractivity contribution in [3.63, 3.8) is 0 Å². The van der Waals surface area contributed by atoms with Gasteiger partial charge in [0.1, 0.15) is 18.2 Å². The Balaban J connectivity index is 1.94. The fourth-order valence-corrected chi connectivity index (χ4v) is 2.75. The maximum absolute atomic E-state index is 12.4. The highest BCUT2D eigenvalue weighted by atomic mass is 16.6. The monoisotopic (exact) mass is 378 g/mol. The van der Waals surface area contributed by atoms with Crippen LogP contribution in [0.5, 0.6) is 0 Å². The molecule has 1 heterocycles. The summed E-state index contributed by atoms with van der Waals surface area (Å²) in [5, 5.41) is 2.69. The first kappa shape index (κ1) is 20.5. The summed E-state index contributed by atoms with van der Waals surface area (Å²) in [6, 6.07) is 8.02. The van der Waals surface area contributed by atoms with Crippen LogP contribution in [-0.4, -0.2) is 54.4 Å². The molecule has 27 heavy (non-hydrogen) atoms. The van der Waals surface area contributed by atoms with Crippen LogP contribution in [-0.2, 0) is 25.6 Å². The summed E-state index contributed by atoms with van der Waals surface area (Å²) in [6.07, 6.45) is -1.01. The van der Waals surface area contributed by atoms with Crippen molar-refractivity contribution in [2.24, 2.45) is 0 Å². The Hall–Kier alpha value is -2.77. The normalized spacial score (nSPS) is 19.3. The Morgan fingerprint density at radius 2 is 1.85 bits per heavy atom. The minimum absolute atomic E-state index is 0.134. The van der Waals surface area contributed by atoms with E-state index in [2.05, 4.69) is 5.32 Å². The number of hydrogen-bond donors (Lipinski definition) is 1. The van der Waals surface area contributed by atoms with Gasteiger partial charge in [0.05, 0.1) is 13.2 Å². The number of likely N-dealkylation sites (tertiary alicyclic amines) is 1. The topological polar surface area (TPSA) is 94.2 Å². The summed E-state index contributed by atoms with van der Waals surface area (Å²) < 4.78 is 15.3. The number of nitrogens with one attached hydrogen (secondary N) is 1. The first-order valence-corrected chi connectivity index (χ1v) is 8.74. The van der Waals surface area contributed by atoms with Gasteiger partial charge in [0.25, 0.3) is 0 Å². The van der Waals surface area contributed by atoms with Gasteiger partial charge in [-0.25, -0.2) is 14.4 Å². The van der Waals surface area contributed by atoms with Crippen molar-refractivity contribution in [3.05, 3.63) is 35.9 Å². The van der Waals surface area contributed by atoms with Crippen LogP contribution in [0.3, 0.4) is 0 Å². The van der Waals surface area contributed by atoms with Gasteiger partial charge in [-0.05, 0) is 26.3 Å². The van der Waals surface area contributed by atoms with Gasteiger partial charge in [-0.15, -0.1) is 0 Å². The molecule has 148 valence electrons. The summed E-state index contributed by atoms with van der Waals surface area (Å²) in [5.74, 6) is -0.553.